The summed E-state index contributed by atoms with van der Waals surface area (Å²) < 4.78 is 0. The van der Waals surface area contributed by atoms with Crippen LogP contribution in [0.2, 0.25) is 0 Å². The summed E-state index contributed by atoms with van der Waals surface area (Å²) in [6.07, 6.45) is 3.05. The molecule has 0 heterocycles. The van der Waals surface area contributed by atoms with Gasteiger partial charge in [0.25, 0.3) is 0 Å². The molecule has 158 valence electrons. The van der Waals surface area contributed by atoms with Crippen molar-refractivity contribution < 1.29 is 39.4 Å². The Kier molecular flexibility index (Phi) is 8.26. The molecule has 0 spiro atoms. The quantitative estimate of drug-likeness (QED) is 0.379. The van der Waals surface area contributed by atoms with Gasteiger partial charge in [0.15, 0.2) is 11.5 Å². The molecule has 0 radical (unpaired) electrons. The molecule has 1 aromatic rings. The van der Waals surface area contributed by atoms with Gasteiger partial charge < -0.3 is 20.0 Å². The third-order valence-electron chi connectivity index (χ3n) is 3.96. The fraction of sp³-hybridized carbons (Fsp3) is 0.600. The zero-order chi connectivity index (χ0) is 21.5. The van der Waals surface area contributed by atoms with Crippen molar-refractivity contribution in [2.75, 3.05) is 0 Å². The molecule has 0 saturated heterocycles. The lowest BCUT2D eigenvalue weighted by Gasteiger charge is -2.25. The van der Waals surface area contributed by atoms with Crippen molar-refractivity contribution in [2.45, 2.75) is 78.4 Å². The highest BCUT2D eigenvalue weighted by atomic mass is 17.2. The van der Waals surface area contributed by atoms with Crippen LogP contribution in [0.3, 0.4) is 0 Å². The van der Waals surface area contributed by atoms with Crippen LogP contribution in [-0.2, 0) is 9.78 Å². The summed E-state index contributed by atoms with van der Waals surface area (Å²) in [5.41, 5.74) is -2.03. The van der Waals surface area contributed by atoms with E-state index in [0.29, 0.717) is 12.8 Å². The Hall–Kier alpha value is -2.32. The van der Waals surface area contributed by atoms with E-state index in [1.807, 2.05) is 13.8 Å². The van der Waals surface area contributed by atoms with E-state index in [1.54, 1.807) is 27.7 Å². The van der Waals surface area contributed by atoms with Gasteiger partial charge in [-0.1, -0.05) is 26.7 Å². The van der Waals surface area contributed by atoms with Gasteiger partial charge in [-0.3, -0.25) is 0 Å². The minimum atomic E-state index is -1.35. The summed E-state index contributed by atoms with van der Waals surface area (Å²) in [4.78, 5) is 44.4. The molecule has 8 heteroatoms. The van der Waals surface area contributed by atoms with Crippen molar-refractivity contribution in [3.05, 3.63) is 23.3 Å². The molecule has 0 atom stereocenters. The predicted molar refractivity (Wildman–Crippen MR) is 102 cm³/mol. The molecule has 0 aliphatic rings. The SMILES string of the molecule is CCCC(C)(C)OOc1cc(OOC(C)(C)CCC)c(C(=O)O)cc1C(=O)O. The summed E-state index contributed by atoms with van der Waals surface area (Å²) in [7, 11) is 0. The van der Waals surface area contributed by atoms with E-state index in [4.69, 9.17) is 19.6 Å². The van der Waals surface area contributed by atoms with Gasteiger partial charge in [-0.15, -0.1) is 0 Å². The smallest absolute Gasteiger partial charge is 0.339 e. The number of carbonyl (C=O) groups is 2. The van der Waals surface area contributed by atoms with Gasteiger partial charge in [-0.25, -0.2) is 9.59 Å². The topological polar surface area (TPSA) is 112 Å². The minimum Gasteiger partial charge on any atom is -0.478 e. The highest BCUT2D eigenvalue weighted by Gasteiger charge is 2.27. The predicted octanol–water partition coefficient (Wildman–Crippen LogP) is 4.86. The van der Waals surface area contributed by atoms with Gasteiger partial charge in [0.1, 0.15) is 22.3 Å². The number of benzene rings is 1. The fourth-order valence-electron chi connectivity index (χ4n) is 2.64. The van der Waals surface area contributed by atoms with Gasteiger partial charge >= 0.3 is 11.9 Å². The van der Waals surface area contributed by atoms with Crippen LogP contribution in [-0.4, -0.2) is 33.4 Å². The van der Waals surface area contributed by atoms with Gasteiger partial charge in [0.05, 0.1) is 0 Å². The molecule has 2 N–H and O–H groups in total. The summed E-state index contributed by atoms with van der Waals surface area (Å²) in [5.74, 6) is -3.05. The number of hydrogen-bond acceptors (Lipinski definition) is 6. The van der Waals surface area contributed by atoms with Gasteiger partial charge in [-0.05, 0) is 46.6 Å². The molecule has 0 unspecified atom stereocenters. The molecular weight excluding hydrogens is 368 g/mol. The summed E-state index contributed by atoms with van der Waals surface area (Å²) in [6, 6.07) is 2.11. The summed E-state index contributed by atoms with van der Waals surface area (Å²) in [5, 5.41) is 18.8. The van der Waals surface area contributed by atoms with Crippen LogP contribution < -0.4 is 9.78 Å². The second-order valence-electron chi connectivity index (χ2n) is 7.81. The third kappa shape index (κ3) is 7.01. The Morgan fingerprint density at radius 1 is 0.786 bits per heavy atom. The first-order chi connectivity index (χ1) is 12.9. The Morgan fingerprint density at radius 2 is 1.14 bits per heavy atom. The lowest BCUT2D eigenvalue weighted by Crippen LogP contribution is -2.27. The maximum absolute atomic E-state index is 11.6. The van der Waals surface area contributed by atoms with Crippen molar-refractivity contribution in [1.82, 2.24) is 0 Å². The van der Waals surface area contributed by atoms with Gasteiger partial charge in [-0.2, -0.15) is 9.78 Å². The molecule has 0 aromatic heterocycles. The van der Waals surface area contributed by atoms with Crippen LogP contribution in [0.1, 0.15) is 87.9 Å². The van der Waals surface area contributed by atoms with Crippen molar-refractivity contribution in [3.63, 3.8) is 0 Å². The normalized spacial score (nSPS) is 11.9. The van der Waals surface area contributed by atoms with E-state index in [1.165, 1.54) is 0 Å². The van der Waals surface area contributed by atoms with E-state index in [0.717, 1.165) is 25.0 Å². The molecule has 0 saturated carbocycles. The van der Waals surface area contributed by atoms with Crippen LogP contribution in [0, 0.1) is 0 Å². The number of rotatable bonds is 12. The van der Waals surface area contributed by atoms with E-state index in [9.17, 15) is 19.8 Å². The molecule has 0 bridgehead atoms. The first-order valence-corrected chi connectivity index (χ1v) is 9.28. The molecule has 0 amide bonds. The maximum Gasteiger partial charge on any atom is 0.339 e. The zero-order valence-electron chi connectivity index (χ0n) is 17.3. The molecule has 1 aromatic carbocycles. The average Bonchev–Trinajstić information content (AvgIpc) is 2.57. The van der Waals surface area contributed by atoms with Crippen molar-refractivity contribution >= 4 is 11.9 Å². The zero-order valence-corrected chi connectivity index (χ0v) is 17.3. The van der Waals surface area contributed by atoms with E-state index < -0.39 is 23.1 Å². The number of carboxylic acid groups (broad SMARTS) is 2. The third-order valence-corrected chi connectivity index (χ3v) is 3.96. The van der Waals surface area contributed by atoms with Crippen molar-refractivity contribution in [2.24, 2.45) is 0 Å². The van der Waals surface area contributed by atoms with Crippen LogP contribution >= 0.6 is 0 Å². The largest absolute Gasteiger partial charge is 0.478 e. The van der Waals surface area contributed by atoms with Crippen molar-refractivity contribution in [1.29, 1.82) is 0 Å². The lowest BCUT2D eigenvalue weighted by molar-refractivity contribution is -0.287. The second-order valence-corrected chi connectivity index (χ2v) is 7.81. The van der Waals surface area contributed by atoms with Crippen molar-refractivity contribution in [3.8, 4) is 11.5 Å². The number of carboxylic acids is 2. The fourth-order valence-corrected chi connectivity index (χ4v) is 2.64. The van der Waals surface area contributed by atoms with Gasteiger partial charge in [0, 0.05) is 6.07 Å². The standard InChI is InChI=1S/C20H30O8/c1-7-9-19(3,4)27-25-15-12-16(26-28-20(5,6)10-8-2)14(18(23)24)11-13(15)17(21)22/h11-12H,7-10H2,1-6H3,(H,21,22)(H,23,24). The first kappa shape index (κ1) is 23.7. The monoisotopic (exact) mass is 398 g/mol. The molecule has 28 heavy (non-hydrogen) atoms. The highest BCUT2D eigenvalue weighted by Crippen LogP contribution is 2.32. The highest BCUT2D eigenvalue weighted by molar-refractivity contribution is 5.97. The maximum atomic E-state index is 11.6. The molecule has 0 aliphatic heterocycles. The summed E-state index contributed by atoms with van der Waals surface area (Å²) >= 11 is 0. The van der Waals surface area contributed by atoms with E-state index >= 15 is 0 Å². The number of hydrogen-bond donors (Lipinski definition) is 2. The Balaban J connectivity index is 3.23. The Morgan fingerprint density at radius 3 is 1.43 bits per heavy atom. The molecule has 0 fully saturated rings. The summed E-state index contributed by atoms with van der Waals surface area (Å²) in [6.45, 7) is 11.2. The second kappa shape index (κ2) is 9.75. The Labute approximate surface area is 165 Å². The molecule has 1 rings (SSSR count). The molecule has 0 aliphatic carbocycles. The van der Waals surface area contributed by atoms with E-state index in [2.05, 4.69) is 0 Å². The minimum absolute atomic E-state index is 0.173. The van der Waals surface area contributed by atoms with Crippen LogP contribution in [0.25, 0.3) is 0 Å². The van der Waals surface area contributed by atoms with E-state index in [-0.39, 0.29) is 22.6 Å². The molecule has 8 nitrogen and oxygen atoms in total. The first-order valence-electron chi connectivity index (χ1n) is 9.28. The number of aromatic carboxylic acids is 2. The average molecular weight is 398 g/mol. The van der Waals surface area contributed by atoms with Crippen LogP contribution in [0.5, 0.6) is 11.5 Å². The van der Waals surface area contributed by atoms with Gasteiger partial charge in [0.2, 0.25) is 0 Å². The lowest BCUT2D eigenvalue weighted by atomic mass is 10.0. The Bertz CT molecular complexity index is 638. The molecular formula is C20H30O8. The van der Waals surface area contributed by atoms with Crippen LogP contribution in [0.4, 0.5) is 0 Å². The van der Waals surface area contributed by atoms with Crippen LogP contribution in [0.15, 0.2) is 12.1 Å².